The van der Waals surface area contributed by atoms with Gasteiger partial charge < -0.3 is 10.6 Å². The zero-order valence-electron chi connectivity index (χ0n) is 15.6. The number of amides is 2. The van der Waals surface area contributed by atoms with E-state index in [2.05, 4.69) is 31.4 Å². The number of rotatable bonds is 5. The largest absolute Gasteiger partial charge is 0.350 e. The molecule has 0 aromatic heterocycles. The summed E-state index contributed by atoms with van der Waals surface area (Å²) in [4.78, 5) is 24.5. The third-order valence-corrected chi connectivity index (χ3v) is 4.34. The predicted molar refractivity (Wildman–Crippen MR) is 105 cm³/mol. The standard InChI is InChI=1S/C21H25ClN2O2/c1-14(19(25)23-13-15-6-5-7-18(22)12-15)24-20(26)16-8-10-17(11-9-16)21(2,3)4/h5-12,14H,13H2,1-4H3,(H,23,25)(H,24,26). The van der Waals surface area contributed by atoms with Crippen LogP contribution in [0.3, 0.4) is 0 Å². The third kappa shape index (κ3) is 5.60. The molecule has 0 aliphatic carbocycles. The number of carbonyl (C=O) groups is 2. The van der Waals surface area contributed by atoms with Crippen LogP contribution in [0.15, 0.2) is 48.5 Å². The summed E-state index contributed by atoms with van der Waals surface area (Å²) in [7, 11) is 0. The minimum Gasteiger partial charge on any atom is -0.350 e. The number of benzene rings is 2. The van der Waals surface area contributed by atoms with Crippen LogP contribution >= 0.6 is 11.6 Å². The summed E-state index contributed by atoms with van der Waals surface area (Å²) < 4.78 is 0. The summed E-state index contributed by atoms with van der Waals surface area (Å²) in [5.41, 5.74) is 2.62. The van der Waals surface area contributed by atoms with Crippen LogP contribution < -0.4 is 10.6 Å². The molecule has 0 radical (unpaired) electrons. The van der Waals surface area contributed by atoms with E-state index in [1.54, 1.807) is 31.2 Å². The molecule has 4 nitrogen and oxygen atoms in total. The zero-order valence-corrected chi connectivity index (χ0v) is 16.4. The summed E-state index contributed by atoms with van der Waals surface area (Å²) in [5.74, 6) is -0.513. The Bertz CT molecular complexity index is 779. The van der Waals surface area contributed by atoms with E-state index in [0.717, 1.165) is 11.1 Å². The Kier molecular flexibility index (Phi) is 6.43. The van der Waals surface area contributed by atoms with Crippen LogP contribution in [0.1, 0.15) is 49.2 Å². The van der Waals surface area contributed by atoms with Gasteiger partial charge in [-0.2, -0.15) is 0 Å². The van der Waals surface area contributed by atoms with Crippen LogP contribution in [0.2, 0.25) is 5.02 Å². The van der Waals surface area contributed by atoms with Crippen molar-refractivity contribution in [3.63, 3.8) is 0 Å². The van der Waals surface area contributed by atoms with Gasteiger partial charge >= 0.3 is 0 Å². The number of carbonyl (C=O) groups excluding carboxylic acids is 2. The van der Waals surface area contributed by atoms with Crippen molar-refractivity contribution in [1.82, 2.24) is 10.6 Å². The molecular weight excluding hydrogens is 348 g/mol. The molecule has 2 N–H and O–H groups in total. The Morgan fingerprint density at radius 1 is 1.08 bits per heavy atom. The molecule has 2 aromatic rings. The molecule has 0 saturated heterocycles. The number of hydrogen-bond acceptors (Lipinski definition) is 2. The predicted octanol–water partition coefficient (Wildman–Crippen LogP) is 4.07. The van der Waals surface area contributed by atoms with Gasteiger partial charge in [0.15, 0.2) is 0 Å². The molecular formula is C21H25ClN2O2. The Labute approximate surface area is 159 Å². The van der Waals surface area contributed by atoms with Crippen molar-refractivity contribution in [2.75, 3.05) is 0 Å². The van der Waals surface area contributed by atoms with Gasteiger partial charge in [0.25, 0.3) is 5.91 Å². The lowest BCUT2D eigenvalue weighted by Crippen LogP contribution is -2.44. The fraction of sp³-hybridized carbons (Fsp3) is 0.333. The Morgan fingerprint density at radius 3 is 2.31 bits per heavy atom. The first kappa shape index (κ1) is 20.0. The van der Waals surface area contributed by atoms with E-state index in [1.165, 1.54) is 0 Å². The highest BCUT2D eigenvalue weighted by Gasteiger charge is 2.18. The van der Waals surface area contributed by atoms with E-state index in [-0.39, 0.29) is 17.2 Å². The highest BCUT2D eigenvalue weighted by Crippen LogP contribution is 2.22. The van der Waals surface area contributed by atoms with E-state index in [9.17, 15) is 9.59 Å². The summed E-state index contributed by atoms with van der Waals surface area (Å²) in [6.07, 6.45) is 0. The van der Waals surface area contributed by atoms with Crippen LogP contribution in [0, 0.1) is 0 Å². The van der Waals surface area contributed by atoms with Gasteiger partial charge in [0.2, 0.25) is 5.91 Å². The maximum absolute atomic E-state index is 12.3. The third-order valence-electron chi connectivity index (χ3n) is 4.11. The zero-order chi connectivity index (χ0) is 19.3. The van der Waals surface area contributed by atoms with Crippen molar-refractivity contribution in [2.45, 2.75) is 45.7 Å². The molecule has 0 aliphatic rings. The first-order valence-electron chi connectivity index (χ1n) is 8.60. The van der Waals surface area contributed by atoms with Crippen molar-refractivity contribution in [3.8, 4) is 0 Å². The first-order valence-corrected chi connectivity index (χ1v) is 8.98. The van der Waals surface area contributed by atoms with E-state index < -0.39 is 6.04 Å². The van der Waals surface area contributed by atoms with Crippen molar-refractivity contribution in [2.24, 2.45) is 0 Å². The number of hydrogen-bond donors (Lipinski definition) is 2. The summed E-state index contributed by atoms with van der Waals surface area (Å²) in [6, 6.07) is 14.1. The quantitative estimate of drug-likeness (QED) is 0.831. The molecule has 0 fully saturated rings. The molecule has 5 heteroatoms. The SMILES string of the molecule is CC(NC(=O)c1ccc(C(C)(C)C)cc1)C(=O)NCc1cccc(Cl)c1. The topological polar surface area (TPSA) is 58.2 Å². The second-order valence-corrected chi connectivity index (χ2v) is 7.81. The molecule has 2 amide bonds. The Morgan fingerprint density at radius 2 is 1.73 bits per heavy atom. The minimum atomic E-state index is -0.635. The van der Waals surface area contributed by atoms with Crippen molar-refractivity contribution in [1.29, 1.82) is 0 Å². The van der Waals surface area contributed by atoms with Gasteiger partial charge in [0, 0.05) is 17.1 Å². The first-order chi connectivity index (χ1) is 12.2. The van der Waals surface area contributed by atoms with E-state index in [0.29, 0.717) is 17.1 Å². The second kappa shape index (κ2) is 8.37. The van der Waals surface area contributed by atoms with Crippen molar-refractivity contribution < 1.29 is 9.59 Å². The van der Waals surface area contributed by atoms with Gasteiger partial charge in [-0.15, -0.1) is 0 Å². The highest BCUT2D eigenvalue weighted by molar-refractivity contribution is 6.30. The van der Waals surface area contributed by atoms with Gasteiger partial charge in [-0.05, 0) is 47.7 Å². The second-order valence-electron chi connectivity index (χ2n) is 7.37. The van der Waals surface area contributed by atoms with Crippen LogP contribution in [-0.4, -0.2) is 17.9 Å². The normalized spacial score (nSPS) is 12.3. The van der Waals surface area contributed by atoms with Crippen LogP contribution in [-0.2, 0) is 16.8 Å². The number of nitrogens with one attached hydrogen (secondary N) is 2. The van der Waals surface area contributed by atoms with Crippen LogP contribution in [0.5, 0.6) is 0 Å². The molecule has 138 valence electrons. The highest BCUT2D eigenvalue weighted by atomic mass is 35.5. The van der Waals surface area contributed by atoms with Crippen molar-refractivity contribution in [3.05, 3.63) is 70.2 Å². The van der Waals surface area contributed by atoms with E-state index >= 15 is 0 Å². The molecule has 0 saturated carbocycles. The fourth-order valence-electron chi connectivity index (χ4n) is 2.46. The average molecular weight is 373 g/mol. The van der Waals surface area contributed by atoms with Crippen LogP contribution in [0.4, 0.5) is 0 Å². The summed E-state index contributed by atoms with van der Waals surface area (Å²) >= 11 is 5.93. The maximum atomic E-state index is 12.3. The van der Waals surface area contributed by atoms with Crippen molar-refractivity contribution >= 4 is 23.4 Å². The maximum Gasteiger partial charge on any atom is 0.251 e. The summed E-state index contributed by atoms with van der Waals surface area (Å²) in [5, 5.41) is 6.15. The van der Waals surface area contributed by atoms with E-state index in [4.69, 9.17) is 11.6 Å². The van der Waals surface area contributed by atoms with Gasteiger partial charge in [0.1, 0.15) is 6.04 Å². The van der Waals surface area contributed by atoms with E-state index in [1.807, 2.05) is 24.3 Å². The van der Waals surface area contributed by atoms with Gasteiger partial charge in [-0.25, -0.2) is 0 Å². The molecule has 0 bridgehead atoms. The molecule has 0 heterocycles. The van der Waals surface area contributed by atoms with Gasteiger partial charge in [-0.1, -0.05) is 56.6 Å². The average Bonchev–Trinajstić information content (AvgIpc) is 2.59. The fourth-order valence-corrected chi connectivity index (χ4v) is 2.67. The molecule has 1 atom stereocenters. The lowest BCUT2D eigenvalue weighted by atomic mass is 9.86. The Balaban J connectivity index is 1.90. The smallest absolute Gasteiger partial charge is 0.251 e. The molecule has 1 unspecified atom stereocenters. The molecule has 0 aliphatic heterocycles. The lowest BCUT2D eigenvalue weighted by Gasteiger charge is -2.19. The molecule has 26 heavy (non-hydrogen) atoms. The van der Waals surface area contributed by atoms with Gasteiger partial charge in [-0.3, -0.25) is 9.59 Å². The molecule has 2 aromatic carbocycles. The minimum absolute atomic E-state index is 0.0303. The molecule has 2 rings (SSSR count). The lowest BCUT2D eigenvalue weighted by molar-refractivity contribution is -0.122. The monoisotopic (exact) mass is 372 g/mol. The molecule has 0 spiro atoms. The van der Waals surface area contributed by atoms with Crippen LogP contribution in [0.25, 0.3) is 0 Å². The van der Waals surface area contributed by atoms with Gasteiger partial charge in [0.05, 0.1) is 0 Å². The number of halogens is 1. The Hall–Kier alpha value is -2.33. The summed E-state index contributed by atoms with van der Waals surface area (Å²) in [6.45, 7) is 8.38.